The molecule has 0 atom stereocenters. The van der Waals surface area contributed by atoms with Crippen molar-refractivity contribution < 1.29 is 9.53 Å². The van der Waals surface area contributed by atoms with Crippen LogP contribution < -0.4 is 5.32 Å². The van der Waals surface area contributed by atoms with Crippen molar-refractivity contribution in [1.29, 1.82) is 0 Å². The van der Waals surface area contributed by atoms with Gasteiger partial charge in [0, 0.05) is 18.7 Å². The highest BCUT2D eigenvalue weighted by molar-refractivity contribution is 5.94. The summed E-state index contributed by atoms with van der Waals surface area (Å²) in [6.07, 6.45) is 4.38. The van der Waals surface area contributed by atoms with Gasteiger partial charge in [0.25, 0.3) is 5.91 Å². The average Bonchev–Trinajstić information content (AvgIpc) is 2.64. The number of hydrogen-bond donors (Lipinski definition) is 1. The minimum absolute atomic E-state index is 0.0297. The molecular formula is C21H25NO2. The lowest BCUT2D eigenvalue weighted by Crippen LogP contribution is -2.37. The van der Waals surface area contributed by atoms with Crippen LogP contribution in [0.2, 0.25) is 0 Å². The van der Waals surface area contributed by atoms with Crippen LogP contribution in [0.5, 0.6) is 0 Å². The highest BCUT2D eigenvalue weighted by atomic mass is 16.5. The molecule has 1 fully saturated rings. The summed E-state index contributed by atoms with van der Waals surface area (Å²) in [6.45, 7) is 0.575. The maximum Gasteiger partial charge on any atom is 0.251 e. The molecule has 0 aromatic heterocycles. The molecule has 3 heteroatoms. The molecule has 0 bridgehead atoms. The van der Waals surface area contributed by atoms with Crippen molar-refractivity contribution in [2.45, 2.75) is 44.2 Å². The first kappa shape index (κ1) is 16.7. The fraction of sp³-hybridized carbons (Fsp3) is 0.381. The number of amides is 1. The van der Waals surface area contributed by atoms with Gasteiger partial charge in [0.1, 0.15) is 0 Å². The molecule has 2 aromatic rings. The Hall–Kier alpha value is -2.13. The van der Waals surface area contributed by atoms with E-state index in [4.69, 9.17) is 4.74 Å². The zero-order chi connectivity index (χ0) is 16.8. The van der Waals surface area contributed by atoms with Gasteiger partial charge in [-0.3, -0.25) is 4.79 Å². The second-order valence-corrected chi connectivity index (χ2v) is 6.56. The van der Waals surface area contributed by atoms with Crippen molar-refractivity contribution in [2.75, 3.05) is 7.11 Å². The van der Waals surface area contributed by atoms with Crippen LogP contribution in [0.3, 0.4) is 0 Å². The number of benzene rings is 2. The van der Waals surface area contributed by atoms with Gasteiger partial charge < -0.3 is 10.1 Å². The van der Waals surface area contributed by atoms with Crippen molar-refractivity contribution in [1.82, 2.24) is 5.32 Å². The van der Waals surface area contributed by atoms with E-state index in [-0.39, 0.29) is 11.9 Å². The lowest BCUT2D eigenvalue weighted by molar-refractivity contribution is 0.0925. The summed E-state index contributed by atoms with van der Waals surface area (Å²) >= 11 is 0. The Morgan fingerprint density at radius 3 is 2.29 bits per heavy atom. The molecule has 3 rings (SSSR count). The Balaban J connectivity index is 1.51. The van der Waals surface area contributed by atoms with Crippen molar-refractivity contribution >= 4 is 5.91 Å². The first-order valence-corrected chi connectivity index (χ1v) is 8.70. The minimum atomic E-state index is 0.0297. The van der Waals surface area contributed by atoms with E-state index in [9.17, 15) is 4.79 Å². The van der Waals surface area contributed by atoms with Crippen LogP contribution in [0.4, 0.5) is 0 Å². The zero-order valence-corrected chi connectivity index (χ0v) is 14.2. The van der Waals surface area contributed by atoms with Crippen LogP contribution in [0.1, 0.15) is 53.1 Å². The van der Waals surface area contributed by atoms with Gasteiger partial charge in [-0.25, -0.2) is 0 Å². The van der Waals surface area contributed by atoms with E-state index in [2.05, 4.69) is 35.6 Å². The summed E-state index contributed by atoms with van der Waals surface area (Å²) in [5, 5.41) is 3.19. The Morgan fingerprint density at radius 1 is 1.00 bits per heavy atom. The van der Waals surface area contributed by atoms with Gasteiger partial charge in [-0.05, 0) is 54.9 Å². The van der Waals surface area contributed by atoms with Crippen LogP contribution in [0.25, 0.3) is 0 Å². The molecule has 0 saturated heterocycles. The molecule has 126 valence electrons. The van der Waals surface area contributed by atoms with Gasteiger partial charge in [0.2, 0.25) is 0 Å². The number of ether oxygens (including phenoxy) is 1. The SMILES string of the molecule is COCc1ccc(C(=O)NC2CCC(c3ccccc3)CC2)cc1. The third kappa shape index (κ3) is 4.24. The van der Waals surface area contributed by atoms with Crippen molar-refractivity contribution in [2.24, 2.45) is 0 Å². The summed E-state index contributed by atoms with van der Waals surface area (Å²) in [7, 11) is 1.67. The van der Waals surface area contributed by atoms with Crippen molar-refractivity contribution in [3.63, 3.8) is 0 Å². The second kappa shape index (κ2) is 8.11. The molecule has 24 heavy (non-hydrogen) atoms. The fourth-order valence-electron chi connectivity index (χ4n) is 3.48. The molecule has 3 nitrogen and oxygen atoms in total. The lowest BCUT2D eigenvalue weighted by Gasteiger charge is -2.29. The maximum absolute atomic E-state index is 12.4. The Morgan fingerprint density at radius 2 is 1.67 bits per heavy atom. The Bertz CT molecular complexity index is 643. The summed E-state index contributed by atoms with van der Waals surface area (Å²) in [4.78, 5) is 12.4. The Labute approximate surface area is 144 Å². The van der Waals surface area contributed by atoms with Crippen LogP contribution in [-0.4, -0.2) is 19.1 Å². The van der Waals surface area contributed by atoms with Crippen LogP contribution in [0, 0.1) is 0 Å². The van der Waals surface area contributed by atoms with Gasteiger partial charge >= 0.3 is 0 Å². The molecule has 1 saturated carbocycles. The summed E-state index contributed by atoms with van der Waals surface area (Å²) in [5.41, 5.74) is 3.23. The quantitative estimate of drug-likeness (QED) is 0.891. The zero-order valence-electron chi connectivity index (χ0n) is 14.2. The predicted octanol–water partition coefficient (Wildman–Crippen LogP) is 4.29. The number of methoxy groups -OCH3 is 1. The average molecular weight is 323 g/mol. The highest BCUT2D eigenvalue weighted by Gasteiger charge is 2.23. The number of nitrogens with one attached hydrogen (secondary N) is 1. The van der Waals surface area contributed by atoms with E-state index in [0.29, 0.717) is 12.5 Å². The van der Waals surface area contributed by atoms with E-state index in [0.717, 1.165) is 36.8 Å². The largest absolute Gasteiger partial charge is 0.380 e. The molecule has 1 amide bonds. The molecule has 1 N–H and O–H groups in total. The first-order valence-electron chi connectivity index (χ1n) is 8.70. The van der Waals surface area contributed by atoms with E-state index in [1.807, 2.05) is 24.3 Å². The number of carbonyl (C=O) groups excluding carboxylic acids is 1. The maximum atomic E-state index is 12.4. The van der Waals surface area contributed by atoms with E-state index in [1.165, 1.54) is 5.56 Å². The first-order chi connectivity index (χ1) is 11.8. The van der Waals surface area contributed by atoms with E-state index < -0.39 is 0 Å². The molecule has 1 aliphatic rings. The molecular weight excluding hydrogens is 298 g/mol. The smallest absolute Gasteiger partial charge is 0.251 e. The van der Waals surface area contributed by atoms with Crippen LogP contribution in [0.15, 0.2) is 54.6 Å². The third-order valence-electron chi connectivity index (χ3n) is 4.86. The predicted molar refractivity (Wildman–Crippen MR) is 96.1 cm³/mol. The van der Waals surface area contributed by atoms with Gasteiger partial charge in [-0.2, -0.15) is 0 Å². The van der Waals surface area contributed by atoms with Crippen LogP contribution in [-0.2, 0) is 11.3 Å². The summed E-state index contributed by atoms with van der Waals surface area (Å²) in [6, 6.07) is 18.6. The molecule has 0 unspecified atom stereocenters. The Kier molecular flexibility index (Phi) is 5.65. The second-order valence-electron chi connectivity index (χ2n) is 6.56. The number of carbonyl (C=O) groups is 1. The highest BCUT2D eigenvalue weighted by Crippen LogP contribution is 2.32. The molecule has 1 aliphatic carbocycles. The van der Waals surface area contributed by atoms with Crippen molar-refractivity contribution in [3.8, 4) is 0 Å². The summed E-state index contributed by atoms with van der Waals surface area (Å²) < 4.78 is 5.10. The normalized spacial score (nSPS) is 20.5. The standard InChI is InChI=1S/C21H25NO2/c1-24-15-16-7-9-19(10-8-16)21(23)22-20-13-11-18(12-14-20)17-5-3-2-4-6-17/h2-10,18,20H,11-15H2,1H3,(H,22,23). The fourth-order valence-corrected chi connectivity index (χ4v) is 3.48. The molecule has 0 heterocycles. The number of rotatable bonds is 5. The van der Waals surface area contributed by atoms with Gasteiger partial charge in [-0.15, -0.1) is 0 Å². The molecule has 0 aliphatic heterocycles. The van der Waals surface area contributed by atoms with Crippen LogP contribution >= 0.6 is 0 Å². The molecule has 0 spiro atoms. The van der Waals surface area contributed by atoms with Gasteiger partial charge in [0.15, 0.2) is 0 Å². The van der Waals surface area contributed by atoms with E-state index >= 15 is 0 Å². The molecule has 0 radical (unpaired) electrons. The van der Waals surface area contributed by atoms with Crippen molar-refractivity contribution in [3.05, 3.63) is 71.3 Å². The lowest BCUT2D eigenvalue weighted by atomic mass is 9.82. The molecule has 2 aromatic carbocycles. The van der Waals surface area contributed by atoms with Gasteiger partial charge in [-0.1, -0.05) is 42.5 Å². The van der Waals surface area contributed by atoms with Gasteiger partial charge in [0.05, 0.1) is 6.61 Å². The number of hydrogen-bond acceptors (Lipinski definition) is 2. The summed E-state index contributed by atoms with van der Waals surface area (Å²) in [5.74, 6) is 0.662. The van der Waals surface area contributed by atoms with E-state index in [1.54, 1.807) is 7.11 Å². The minimum Gasteiger partial charge on any atom is -0.380 e. The monoisotopic (exact) mass is 323 g/mol. The topological polar surface area (TPSA) is 38.3 Å². The third-order valence-corrected chi connectivity index (χ3v) is 4.86.